The summed E-state index contributed by atoms with van der Waals surface area (Å²) in [5, 5.41) is 3.03. The first-order valence-corrected chi connectivity index (χ1v) is 11.6. The summed E-state index contributed by atoms with van der Waals surface area (Å²) in [5.41, 5.74) is 0.487. The minimum atomic E-state index is -3.64. The van der Waals surface area contributed by atoms with Crippen LogP contribution in [0.15, 0.2) is 35.2 Å². The molecule has 1 atom stereocenters. The summed E-state index contributed by atoms with van der Waals surface area (Å²) in [6.07, 6.45) is 1.18. The van der Waals surface area contributed by atoms with Crippen molar-refractivity contribution in [2.75, 3.05) is 25.0 Å². The first-order chi connectivity index (χ1) is 13.8. The Morgan fingerprint density at radius 3 is 2.72 bits per heavy atom. The second kappa shape index (κ2) is 9.02. The molecule has 1 aromatic heterocycles. The second-order valence-electron chi connectivity index (χ2n) is 6.66. The summed E-state index contributed by atoms with van der Waals surface area (Å²) in [7, 11) is -3.64. The Hall–Kier alpha value is -2.30. The van der Waals surface area contributed by atoms with Gasteiger partial charge in [-0.1, -0.05) is 29.5 Å². The van der Waals surface area contributed by atoms with Crippen LogP contribution in [-0.2, 0) is 19.6 Å². The van der Waals surface area contributed by atoms with E-state index in [9.17, 15) is 18.0 Å². The molecular formula is C19H23N3O5S2. The van der Waals surface area contributed by atoms with Gasteiger partial charge in [-0.3, -0.25) is 4.79 Å². The maximum atomic E-state index is 12.8. The van der Waals surface area contributed by atoms with Gasteiger partial charge in [0.1, 0.15) is 4.88 Å². The third-order valence-corrected chi connectivity index (χ3v) is 7.56. The number of esters is 1. The summed E-state index contributed by atoms with van der Waals surface area (Å²) < 4.78 is 32.0. The molecule has 1 amide bonds. The molecular weight excluding hydrogens is 414 g/mol. The van der Waals surface area contributed by atoms with E-state index in [0.717, 1.165) is 11.3 Å². The maximum absolute atomic E-state index is 12.8. The first-order valence-electron chi connectivity index (χ1n) is 9.33. The van der Waals surface area contributed by atoms with Crippen molar-refractivity contribution in [2.45, 2.75) is 31.6 Å². The van der Waals surface area contributed by atoms with Crippen molar-refractivity contribution in [3.8, 4) is 0 Å². The van der Waals surface area contributed by atoms with Crippen molar-refractivity contribution in [2.24, 2.45) is 5.92 Å². The van der Waals surface area contributed by atoms with Crippen LogP contribution in [0.1, 0.15) is 35.1 Å². The van der Waals surface area contributed by atoms with Gasteiger partial charge in [0.05, 0.1) is 23.1 Å². The number of carbonyl (C=O) groups is 2. The largest absolute Gasteiger partial charge is 0.462 e. The number of carbonyl (C=O) groups excluding carboxylic acids is 2. The number of rotatable bonds is 6. The zero-order chi connectivity index (χ0) is 21.0. The second-order valence-corrected chi connectivity index (χ2v) is 9.60. The molecule has 1 aliphatic heterocycles. The van der Waals surface area contributed by atoms with Crippen LogP contribution in [-0.4, -0.2) is 49.3 Å². The SMILES string of the molecule is CCOC(=O)c1sc(NC(=O)C2CCCN(S(=O)(=O)c3ccccc3)C2)nc1C. The number of aryl methyl sites for hydroxylation is 1. The molecule has 0 bridgehead atoms. The number of piperidine rings is 1. The van der Waals surface area contributed by atoms with Gasteiger partial charge in [-0.15, -0.1) is 0 Å². The molecule has 0 saturated carbocycles. The Morgan fingerprint density at radius 2 is 2.03 bits per heavy atom. The average molecular weight is 438 g/mol. The lowest BCUT2D eigenvalue weighted by molar-refractivity contribution is -0.120. The fourth-order valence-electron chi connectivity index (χ4n) is 3.16. The number of amides is 1. The quantitative estimate of drug-likeness (QED) is 0.697. The topological polar surface area (TPSA) is 106 Å². The van der Waals surface area contributed by atoms with Gasteiger partial charge in [0.2, 0.25) is 15.9 Å². The van der Waals surface area contributed by atoms with E-state index < -0.39 is 21.9 Å². The van der Waals surface area contributed by atoms with Crippen molar-refractivity contribution < 1.29 is 22.7 Å². The third-order valence-electron chi connectivity index (χ3n) is 4.62. The third kappa shape index (κ3) is 4.82. The van der Waals surface area contributed by atoms with E-state index in [1.54, 1.807) is 44.2 Å². The van der Waals surface area contributed by atoms with Crippen molar-refractivity contribution in [3.63, 3.8) is 0 Å². The van der Waals surface area contributed by atoms with Gasteiger partial charge in [-0.25, -0.2) is 18.2 Å². The molecule has 29 heavy (non-hydrogen) atoms. The number of benzene rings is 1. The summed E-state index contributed by atoms with van der Waals surface area (Å²) in [5.74, 6) is -1.26. The van der Waals surface area contributed by atoms with Gasteiger partial charge in [0.15, 0.2) is 5.13 Å². The van der Waals surface area contributed by atoms with E-state index in [-0.39, 0.29) is 24.0 Å². The Morgan fingerprint density at radius 1 is 1.31 bits per heavy atom. The average Bonchev–Trinajstić information content (AvgIpc) is 3.09. The molecule has 2 aromatic rings. The molecule has 1 aliphatic rings. The summed E-state index contributed by atoms with van der Waals surface area (Å²) >= 11 is 1.05. The molecule has 0 radical (unpaired) electrons. The number of sulfonamides is 1. The Kier molecular flexibility index (Phi) is 6.66. The maximum Gasteiger partial charge on any atom is 0.350 e. The highest BCUT2D eigenvalue weighted by Crippen LogP contribution is 2.27. The number of thiazole rings is 1. The molecule has 0 aliphatic carbocycles. The standard InChI is InChI=1S/C19H23N3O5S2/c1-3-27-18(24)16-13(2)20-19(28-16)21-17(23)14-8-7-11-22(12-14)29(25,26)15-9-5-4-6-10-15/h4-6,9-10,14H,3,7-8,11-12H2,1-2H3,(H,20,21,23). The van der Waals surface area contributed by atoms with Crippen LogP contribution in [0, 0.1) is 12.8 Å². The molecule has 3 rings (SSSR count). The molecule has 1 unspecified atom stereocenters. The smallest absolute Gasteiger partial charge is 0.350 e. The lowest BCUT2D eigenvalue weighted by Gasteiger charge is -2.31. The van der Waals surface area contributed by atoms with E-state index >= 15 is 0 Å². The van der Waals surface area contributed by atoms with Crippen LogP contribution in [0.3, 0.4) is 0 Å². The molecule has 1 saturated heterocycles. The van der Waals surface area contributed by atoms with E-state index in [0.29, 0.717) is 35.1 Å². The van der Waals surface area contributed by atoms with Crippen molar-refractivity contribution in [1.82, 2.24) is 9.29 Å². The number of ether oxygens (including phenoxy) is 1. The van der Waals surface area contributed by atoms with E-state index in [1.165, 1.54) is 4.31 Å². The Bertz CT molecular complexity index is 989. The lowest BCUT2D eigenvalue weighted by atomic mass is 9.99. The van der Waals surface area contributed by atoms with Crippen LogP contribution >= 0.6 is 11.3 Å². The normalized spacial score (nSPS) is 17.7. The van der Waals surface area contributed by atoms with Crippen LogP contribution < -0.4 is 5.32 Å². The summed E-state index contributed by atoms with van der Waals surface area (Å²) in [6.45, 7) is 4.14. The zero-order valence-electron chi connectivity index (χ0n) is 16.3. The van der Waals surface area contributed by atoms with Crippen molar-refractivity contribution in [3.05, 3.63) is 40.9 Å². The number of nitrogens with one attached hydrogen (secondary N) is 1. The molecule has 1 fully saturated rings. The molecule has 156 valence electrons. The monoisotopic (exact) mass is 437 g/mol. The lowest BCUT2D eigenvalue weighted by Crippen LogP contribution is -2.43. The number of aromatic nitrogens is 1. The van der Waals surface area contributed by atoms with Gasteiger partial charge in [0.25, 0.3) is 0 Å². The highest BCUT2D eigenvalue weighted by molar-refractivity contribution is 7.89. The molecule has 2 heterocycles. The van der Waals surface area contributed by atoms with E-state index in [4.69, 9.17) is 4.74 Å². The fourth-order valence-corrected chi connectivity index (χ4v) is 5.57. The minimum absolute atomic E-state index is 0.109. The number of hydrogen-bond acceptors (Lipinski definition) is 7. The highest BCUT2D eigenvalue weighted by Gasteiger charge is 2.33. The van der Waals surface area contributed by atoms with Gasteiger partial charge in [0, 0.05) is 13.1 Å². The molecule has 0 spiro atoms. The number of anilines is 1. The zero-order valence-corrected chi connectivity index (χ0v) is 17.9. The predicted molar refractivity (Wildman–Crippen MR) is 109 cm³/mol. The number of nitrogens with zero attached hydrogens (tertiary/aromatic N) is 2. The van der Waals surface area contributed by atoms with Crippen LogP contribution in [0.4, 0.5) is 5.13 Å². The van der Waals surface area contributed by atoms with Gasteiger partial charge in [-0.05, 0) is 38.8 Å². The number of hydrogen-bond donors (Lipinski definition) is 1. The molecule has 10 heteroatoms. The van der Waals surface area contributed by atoms with Crippen LogP contribution in [0.5, 0.6) is 0 Å². The van der Waals surface area contributed by atoms with Crippen LogP contribution in [0.25, 0.3) is 0 Å². The first kappa shape index (κ1) is 21.4. The van der Waals surface area contributed by atoms with E-state index in [1.807, 2.05) is 0 Å². The highest BCUT2D eigenvalue weighted by atomic mass is 32.2. The van der Waals surface area contributed by atoms with Gasteiger partial charge in [-0.2, -0.15) is 4.31 Å². The van der Waals surface area contributed by atoms with Crippen LogP contribution in [0.2, 0.25) is 0 Å². The van der Waals surface area contributed by atoms with Crippen molar-refractivity contribution >= 4 is 38.4 Å². The fraction of sp³-hybridized carbons (Fsp3) is 0.421. The van der Waals surface area contributed by atoms with Gasteiger partial charge < -0.3 is 10.1 Å². The molecule has 8 nitrogen and oxygen atoms in total. The molecule has 1 N–H and O–H groups in total. The summed E-state index contributed by atoms with van der Waals surface area (Å²) in [6, 6.07) is 8.20. The summed E-state index contributed by atoms with van der Waals surface area (Å²) in [4.78, 5) is 29.4. The Labute approximate surface area is 173 Å². The minimum Gasteiger partial charge on any atom is -0.462 e. The van der Waals surface area contributed by atoms with Crippen molar-refractivity contribution in [1.29, 1.82) is 0 Å². The Balaban J connectivity index is 1.69. The molecule has 1 aromatic carbocycles. The van der Waals surface area contributed by atoms with Gasteiger partial charge >= 0.3 is 5.97 Å². The predicted octanol–water partition coefficient (Wildman–Crippen LogP) is 2.67. The van der Waals surface area contributed by atoms with E-state index in [2.05, 4.69) is 10.3 Å².